The second-order valence-corrected chi connectivity index (χ2v) is 6.56. The Morgan fingerprint density at radius 1 is 1.32 bits per heavy atom. The van der Waals surface area contributed by atoms with Gasteiger partial charge < -0.3 is 4.74 Å². The zero-order valence-corrected chi connectivity index (χ0v) is 15.2. The number of anilines is 1. The highest BCUT2D eigenvalue weighted by atomic mass is 32.1. The van der Waals surface area contributed by atoms with E-state index in [1.807, 2.05) is 25.1 Å². The third-order valence-corrected chi connectivity index (χ3v) is 4.77. The molecule has 0 saturated carbocycles. The van der Waals surface area contributed by atoms with Crippen molar-refractivity contribution in [1.82, 2.24) is 14.8 Å². The van der Waals surface area contributed by atoms with Crippen molar-refractivity contribution in [3.63, 3.8) is 0 Å². The second kappa shape index (κ2) is 6.64. The molecule has 0 fully saturated rings. The van der Waals surface area contributed by atoms with Crippen LogP contribution < -0.4 is 10.1 Å². The van der Waals surface area contributed by atoms with Crippen LogP contribution in [0, 0.1) is 13.8 Å². The largest absolute Gasteiger partial charge is 0.494 e. The van der Waals surface area contributed by atoms with Gasteiger partial charge in [0.15, 0.2) is 5.13 Å². The standard InChI is InChI=1S/C17H18N4O3S/c1-5-24-11-6-7-12-13(8-11)25-17(18-12)19-16(23)15(22)14-9(2)20-21(4)10(14)3/h6-8H,5H2,1-4H3,(H,18,19,23). The molecular formula is C17H18N4O3S. The number of rotatable bonds is 5. The number of ether oxygens (including phenoxy) is 1. The van der Waals surface area contributed by atoms with Crippen LogP contribution >= 0.6 is 11.3 Å². The lowest BCUT2D eigenvalue weighted by Gasteiger charge is -2.01. The molecule has 3 rings (SSSR count). The fraction of sp³-hybridized carbons (Fsp3) is 0.294. The maximum Gasteiger partial charge on any atom is 0.298 e. The maximum atomic E-state index is 12.4. The van der Waals surface area contributed by atoms with Gasteiger partial charge in [-0.1, -0.05) is 11.3 Å². The Hall–Kier alpha value is -2.74. The summed E-state index contributed by atoms with van der Waals surface area (Å²) in [4.78, 5) is 29.1. The Morgan fingerprint density at radius 3 is 2.72 bits per heavy atom. The summed E-state index contributed by atoms with van der Waals surface area (Å²) in [5.41, 5.74) is 2.26. The van der Waals surface area contributed by atoms with Gasteiger partial charge in [0.2, 0.25) is 0 Å². The predicted octanol–water partition coefficient (Wildman–Crippen LogP) is 2.87. The quantitative estimate of drug-likeness (QED) is 0.560. The molecule has 25 heavy (non-hydrogen) atoms. The molecule has 0 spiro atoms. The van der Waals surface area contributed by atoms with E-state index in [4.69, 9.17) is 4.74 Å². The number of ketones is 1. The molecule has 130 valence electrons. The maximum absolute atomic E-state index is 12.4. The molecule has 0 aliphatic carbocycles. The average molecular weight is 358 g/mol. The third-order valence-electron chi connectivity index (χ3n) is 3.83. The number of aryl methyl sites for hydroxylation is 2. The molecular weight excluding hydrogens is 340 g/mol. The van der Waals surface area contributed by atoms with E-state index in [0.717, 1.165) is 16.0 Å². The van der Waals surface area contributed by atoms with Crippen LogP contribution in [0.15, 0.2) is 18.2 Å². The van der Waals surface area contributed by atoms with Crippen LogP contribution in [-0.4, -0.2) is 33.1 Å². The first kappa shape index (κ1) is 17.1. The summed E-state index contributed by atoms with van der Waals surface area (Å²) >= 11 is 1.30. The Morgan fingerprint density at radius 2 is 2.08 bits per heavy atom. The minimum Gasteiger partial charge on any atom is -0.494 e. The van der Waals surface area contributed by atoms with Crippen molar-refractivity contribution in [2.45, 2.75) is 20.8 Å². The molecule has 0 unspecified atom stereocenters. The Labute approximate surface area is 148 Å². The van der Waals surface area contributed by atoms with Gasteiger partial charge in [-0.2, -0.15) is 5.10 Å². The highest BCUT2D eigenvalue weighted by Gasteiger charge is 2.24. The zero-order chi connectivity index (χ0) is 18.1. The van der Waals surface area contributed by atoms with Crippen LogP contribution in [0.5, 0.6) is 5.75 Å². The van der Waals surface area contributed by atoms with E-state index >= 15 is 0 Å². The summed E-state index contributed by atoms with van der Waals surface area (Å²) < 4.78 is 7.92. The first-order valence-corrected chi connectivity index (χ1v) is 8.61. The van der Waals surface area contributed by atoms with E-state index in [9.17, 15) is 9.59 Å². The number of nitrogens with zero attached hydrogens (tertiary/aromatic N) is 3. The normalized spacial score (nSPS) is 10.9. The van der Waals surface area contributed by atoms with Crippen LogP contribution in [-0.2, 0) is 11.8 Å². The number of amides is 1. The Bertz CT molecular complexity index is 974. The number of fused-ring (bicyclic) bond motifs is 1. The number of Topliss-reactive ketones (excluding diaryl/α,β-unsaturated/α-hetero) is 1. The lowest BCUT2D eigenvalue weighted by Crippen LogP contribution is -2.23. The van der Waals surface area contributed by atoms with E-state index < -0.39 is 11.7 Å². The highest BCUT2D eigenvalue weighted by Crippen LogP contribution is 2.29. The molecule has 2 aromatic heterocycles. The van der Waals surface area contributed by atoms with Crippen molar-refractivity contribution >= 4 is 38.4 Å². The number of carbonyl (C=O) groups excluding carboxylic acids is 2. The second-order valence-electron chi connectivity index (χ2n) is 5.53. The monoisotopic (exact) mass is 358 g/mol. The number of hydrogen-bond donors (Lipinski definition) is 1. The van der Waals surface area contributed by atoms with Crippen LogP contribution in [0.1, 0.15) is 28.7 Å². The van der Waals surface area contributed by atoms with E-state index in [2.05, 4.69) is 15.4 Å². The number of benzene rings is 1. The first-order chi connectivity index (χ1) is 11.9. The number of nitrogens with one attached hydrogen (secondary N) is 1. The van der Waals surface area contributed by atoms with Gasteiger partial charge >= 0.3 is 0 Å². The van der Waals surface area contributed by atoms with Crippen molar-refractivity contribution < 1.29 is 14.3 Å². The van der Waals surface area contributed by atoms with Gasteiger partial charge in [0, 0.05) is 12.7 Å². The van der Waals surface area contributed by atoms with Gasteiger partial charge in [-0.3, -0.25) is 19.6 Å². The van der Waals surface area contributed by atoms with Gasteiger partial charge in [0.05, 0.1) is 28.1 Å². The Kier molecular flexibility index (Phi) is 4.54. The van der Waals surface area contributed by atoms with Crippen molar-refractivity contribution in [3.05, 3.63) is 35.2 Å². The minimum atomic E-state index is -0.719. The molecule has 0 radical (unpaired) electrons. The fourth-order valence-electron chi connectivity index (χ4n) is 2.58. The van der Waals surface area contributed by atoms with E-state index in [-0.39, 0.29) is 0 Å². The summed E-state index contributed by atoms with van der Waals surface area (Å²) in [6, 6.07) is 5.51. The summed E-state index contributed by atoms with van der Waals surface area (Å²) in [6.45, 7) is 5.96. The summed E-state index contributed by atoms with van der Waals surface area (Å²) in [6.07, 6.45) is 0. The van der Waals surface area contributed by atoms with Crippen molar-refractivity contribution in [2.24, 2.45) is 7.05 Å². The number of hydrogen-bond acceptors (Lipinski definition) is 6. The van der Waals surface area contributed by atoms with E-state index in [0.29, 0.717) is 28.7 Å². The molecule has 0 bridgehead atoms. The first-order valence-electron chi connectivity index (χ1n) is 7.80. The van der Waals surface area contributed by atoms with Crippen LogP contribution in [0.25, 0.3) is 10.2 Å². The minimum absolute atomic E-state index is 0.333. The summed E-state index contributed by atoms with van der Waals surface area (Å²) in [5.74, 6) is -0.588. The van der Waals surface area contributed by atoms with Crippen molar-refractivity contribution in [2.75, 3.05) is 11.9 Å². The molecule has 1 amide bonds. The van der Waals surface area contributed by atoms with Gasteiger partial charge in [-0.05, 0) is 39.0 Å². The highest BCUT2D eigenvalue weighted by molar-refractivity contribution is 7.22. The zero-order valence-electron chi connectivity index (χ0n) is 14.4. The van der Waals surface area contributed by atoms with E-state index in [1.54, 1.807) is 25.6 Å². The van der Waals surface area contributed by atoms with Crippen molar-refractivity contribution in [3.8, 4) is 5.75 Å². The molecule has 1 aromatic carbocycles. The van der Waals surface area contributed by atoms with Crippen LogP contribution in [0.2, 0.25) is 0 Å². The molecule has 2 heterocycles. The molecule has 0 saturated heterocycles. The number of aromatic nitrogens is 3. The molecule has 8 heteroatoms. The summed E-state index contributed by atoms with van der Waals surface area (Å²) in [7, 11) is 1.74. The van der Waals surface area contributed by atoms with E-state index in [1.165, 1.54) is 11.3 Å². The predicted molar refractivity (Wildman–Crippen MR) is 96.4 cm³/mol. The lowest BCUT2D eigenvalue weighted by atomic mass is 10.1. The smallest absolute Gasteiger partial charge is 0.298 e. The molecule has 0 atom stereocenters. The lowest BCUT2D eigenvalue weighted by molar-refractivity contribution is -0.112. The molecule has 7 nitrogen and oxygen atoms in total. The molecule has 0 aliphatic rings. The third kappa shape index (κ3) is 3.25. The van der Waals surface area contributed by atoms with Crippen LogP contribution in [0.3, 0.4) is 0 Å². The average Bonchev–Trinajstić information content (AvgIpc) is 3.06. The number of carbonyl (C=O) groups is 2. The fourth-order valence-corrected chi connectivity index (χ4v) is 3.47. The molecule has 0 aliphatic heterocycles. The Balaban J connectivity index is 1.82. The molecule has 1 N–H and O–H groups in total. The van der Waals surface area contributed by atoms with Crippen LogP contribution in [0.4, 0.5) is 5.13 Å². The van der Waals surface area contributed by atoms with Gasteiger partial charge in [0.1, 0.15) is 5.75 Å². The topological polar surface area (TPSA) is 86.1 Å². The van der Waals surface area contributed by atoms with Crippen molar-refractivity contribution in [1.29, 1.82) is 0 Å². The SMILES string of the molecule is CCOc1ccc2nc(NC(=O)C(=O)c3c(C)nn(C)c3C)sc2c1. The van der Waals surface area contributed by atoms with Gasteiger partial charge in [0.25, 0.3) is 11.7 Å². The number of thiazole rings is 1. The summed E-state index contributed by atoms with van der Waals surface area (Å²) in [5, 5.41) is 7.13. The van der Waals surface area contributed by atoms with Gasteiger partial charge in [-0.25, -0.2) is 4.98 Å². The van der Waals surface area contributed by atoms with Gasteiger partial charge in [-0.15, -0.1) is 0 Å². The molecule has 3 aromatic rings.